The molecule has 2 unspecified atom stereocenters. The molecule has 0 aliphatic heterocycles. The Hall–Kier alpha value is -1.49. The molecule has 1 N–H and O–H groups in total. The van der Waals surface area contributed by atoms with Gasteiger partial charge in [0.2, 0.25) is 5.12 Å². The Morgan fingerprint density at radius 3 is 2.50 bits per heavy atom. The predicted molar refractivity (Wildman–Crippen MR) is 89.2 cm³/mol. The molecule has 0 heterocycles. The molecule has 120 valence electrons. The molecule has 1 aliphatic carbocycles. The third-order valence-corrected chi connectivity index (χ3v) is 4.60. The average Bonchev–Trinajstić information content (AvgIpc) is 2.84. The lowest BCUT2D eigenvalue weighted by Crippen LogP contribution is -2.38. The normalized spacial score (nSPS) is 21.4. The van der Waals surface area contributed by atoms with Gasteiger partial charge in [-0.25, -0.2) is 4.79 Å². The van der Waals surface area contributed by atoms with Crippen molar-refractivity contribution in [2.24, 2.45) is 0 Å². The maximum Gasteiger partial charge on any atom is 0.407 e. The summed E-state index contributed by atoms with van der Waals surface area (Å²) in [7, 11) is 0. The molecule has 1 aromatic rings. The van der Waals surface area contributed by atoms with Crippen LogP contribution in [0.2, 0.25) is 0 Å². The van der Waals surface area contributed by atoms with Gasteiger partial charge in [0.25, 0.3) is 0 Å². The highest BCUT2D eigenvalue weighted by Crippen LogP contribution is 2.32. The van der Waals surface area contributed by atoms with Crippen LogP contribution in [0.1, 0.15) is 50.4 Å². The van der Waals surface area contributed by atoms with Crippen molar-refractivity contribution in [3.05, 3.63) is 35.9 Å². The molecule has 5 heteroatoms. The molecule has 0 aromatic heterocycles. The first-order chi connectivity index (χ1) is 10.3. The van der Waals surface area contributed by atoms with Crippen LogP contribution in [0, 0.1) is 0 Å². The number of carbonyl (C=O) groups excluding carboxylic acids is 2. The third kappa shape index (κ3) is 5.37. The minimum atomic E-state index is -0.486. The van der Waals surface area contributed by atoms with Crippen molar-refractivity contribution in [2.75, 3.05) is 0 Å². The van der Waals surface area contributed by atoms with Crippen LogP contribution in [0.5, 0.6) is 0 Å². The van der Waals surface area contributed by atoms with Gasteiger partial charge in [-0.2, -0.15) is 0 Å². The quantitative estimate of drug-likeness (QED) is 0.914. The molecule has 4 nitrogen and oxygen atoms in total. The summed E-state index contributed by atoms with van der Waals surface area (Å²) in [6, 6.07) is 9.40. The van der Waals surface area contributed by atoms with Crippen LogP contribution in [0.15, 0.2) is 30.3 Å². The van der Waals surface area contributed by atoms with Gasteiger partial charge in [-0.05, 0) is 40.0 Å². The fraction of sp³-hybridized carbons (Fsp3) is 0.529. The zero-order chi connectivity index (χ0) is 16.2. The van der Waals surface area contributed by atoms with Gasteiger partial charge in [-0.1, -0.05) is 42.1 Å². The van der Waals surface area contributed by atoms with E-state index >= 15 is 0 Å². The van der Waals surface area contributed by atoms with Gasteiger partial charge in [0.15, 0.2) is 0 Å². The number of hydrogen-bond acceptors (Lipinski definition) is 4. The number of benzene rings is 1. The van der Waals surface area contributed by atoms with Crippen molar-refractivity contribution >= 4 is 23.0 Å². The molecule has 1 amide bonds. The first kappa shape index (κ1) is 16.9. The number of ether oxygens (including phenoxy) is 1. The van der Waals surface area contributed by atoms with E-state index < -0.39 is 5.60 Å². The standard InChI is InChI=1S/C17H23NO3S/c1-17(2,3)21-16(20)18-13-9-10-14(11-13)22-15(19)12-7-5-4-6-8-12/h4-8,13-14H,9-11H2,1-3H3,(H,18,20). The molecular weight excluding hydrogens is 298 g/mol. The predicted octanol–water partition coefficient (Wildman–Crippen LogP) is 4.01. The highest BCUT2D eigenvalue weighted by molar-refractivity contribution is 8.14. The Morgan fingerprint density at radius 1 is 1.18 bits per heavy atom. The minimum absolute atomic E-state index is 0.0934. The van der Waals surface area contributed by atoms with Gasteiger partial charge in [-0.15, -0.1) is 0 Å². The lowest BCUT2D eigenvalue weighted by atomic mass is 10.2. The second-order valence-corrected chi connectivity index (χ2v) is 7.82. The van der Waals surface area contributed by atoms with Crippen LogP contribution >= 0.6 is 11.8 Å². The molecule has 2 atom stereocenters. The Labute approximate surface area is 136 Å². The summed E-state index contributed by atoms with van der Waals surface area (Å²) in [4.78, 5) is 23.9. The molecule has 0 radical (unpaired) electrons. The first-order valence-electron chi connectivity index (χ1n) is 7.59. The SMILES string of the molecule is CC(C)(C)OC(=O)NC1CCC(SC(=O)c2ccccc2)C1. The van der Waals surface area contributed by atoms with Crippen LogP contribution < -0.4 is 5.32 Å². The summed E-state index contributed by atoms with van der Waals surface area (Å²) < 4.78 is 5.26. The highest BCUT2D eigenvalue weighted by Gasteiger charge is 2.29. The molecule has 0 saturated heterocycles. The summed E-state index contributed by atoms with van der Waals surface area (Å²) in [5.74, 6) is 0. The molecule has 0 bridgehead atoms. The molecule has 1 aliphatic rings. The van der Waals surface area contributed by atoms with Crippen LogP contribution in [0.4, 0.5) is 4.79 Å². The highest BCUT2D eigenvalue weighted by atomic mass is 32.2. The lowest BCUT2D eigenvalue weighted by molar-refractivity contribution is 0.0505. The van der Waals surface area contributed by atoms with E-state index in [1.165, 1.54) is 11.8 Å². The Bertz CT molecular complexity index is 524. The Balaban J connectivity index is 1.78. The third-order valence-electron chi connectivity index (χ3n) is 3.39. The molecule has 22 heavy (non-hydrogen) atoms. The molecule has 1 fully saturated rings. The van der Waals surface area contributed by atoms with Crippen LogP contribution in [-0.2, 0) is 4.74 Å². The zero-order valence-corrected chi connectivity index (χ0v) is 14.1. The number of rotatable bonds is 3. The van der Waals surface area contributed by atoms with E-state index in [0.717, 1.165) is 24.8 Å². The van der Waals surface area contributed by atoms with Gasteiger partial charge in [0.1, 0.15) is 5.60 Å². The number of thioether (sulfide) groups is 1. The number of carbonyl (C=O) groups is 2. The smallest absolute Gasteiger partial charge is 0.407 e. The summed E-state index contributed by atoms with van der Waals surface area (Å²) in [6.07, 6.45) is 2.25. The van der Waals surface area contributed by atoms with Crippen molar-refractivity contribution in [3.63, 3.8) is 0 Å². The van der Waals surface area contributed by atoms with E-state index in [4.69, 9.17) is 4.74 Å². The molecule has 0 spiro atoms. The monoisotopic (exact) mass is 321 g/mol. The van der Waals surface area contributed by atoms with E-state index in [1.807, 2.05) is 51.1 Å². The summed E-state index contributed by atoms with van der Waals surface area (Å²) in [5, 5.41) is 3.25. The number of hydrogen-bond donors (Lipinski definition) is 1. The van der Waals surface area contributed by atoms with Crippen molar-refractivity contribution in [2.45, 2.75) is 56.9 Å². The van der Waals surface area contributed by atoms with Crippen molar-refractivity contribution < 1.29 is 14.3 Å². The minimum Gasteiger partial charge on any atom is -0.444 e. The van der Waals surface area contributed by atoms with Crippen molar-refractivity contribution in [1.82, 2.24) is 5.32 Å². The Morgan fingerprint density at radius 2 is 1.86 bits per heavy atom. The summed E-state index contributed by atoms with van der Waals surface area (Å²) in [5.41, 5.74) is 0.246. The van der Waals surface area contributed by atoms with Crippen molar-refractivity contribution in [1.29, 1.82) is 0 Å². The zero-order valence-electron chi connectivity index (χ0n) is 13.3. The van der Waals surface area contributed by atoms with Crippen LogP contribution in [0.3, 0.4) is 0 Å². The van der Waals surface area contributed by atoms with E-state index in [0.29, 0.717) is 0 Å². The Kier molecular flexibility index (Phi) is 5.51. The fourth-order valence-corrected chi connectivity index (χ4v) is 3.60. The summed E-state index contributed by atoms with van der Waals surface area (Å²) >= 11 is 1.37. The molecule has 1 saturated carbocycles. The second kappa shape index (κ2) is 7.18. The number of amides is 1. The topological polar surface area (TPSA) is 55.4 Å². The molecular formula is C17H23NO3S. The van der Waals surface area contributed by atoms with Gasteiger partial charge < -0.3 is 10.1 Å². The number of nitrogens with one attached hydrogen (secondary N) is 1. The van der Waals surface area contributed by atoms with Gasteiger partial charge in [0.05, 0.1) is 0 Å². The fourth-order valence-electron chi connectivity index (χ4n) is 2.45. The largest absolute Gasteiger partial charge is 0.444 e. The molecule has 2 rings (SSSR count). The molecule has 1 aromatic carbocycles. The first-order valence-corrected chi connectivity index (χ1v) is 8.47. The average molecular weight is 321 g/mol. The van der Waals surface area contributed by atoms with Crippen molar-refractivity contribution in [3.8, 4) is 0 Å². The number of alkyl carbamates (subject to hydrolysis) is 1. The lowest BCUT2D eigenvalue weighted by Gasteiger charge is -2.21. The maximum atomic E-state index is 12.2. The van der Waals surface area contributed by atoms with Crippen LogP contribution in [-0.4, -0.2) is 28.1 Å². The van der Waals surface area contributed by atoms with Crippen LogP contribution in [0.25, 0.3) is 0 Å². The van der Waals surface area contributed by atoms with E-state index in [2.05, 4.69) is 5.32 Å². The van der Waals surface area contributed by atoms with E-state index in [9.17, 15) is 9.59 Å². The van der Waals surface area contributed by atoms with E-state index in [1.54, 1.807) is 0 Å². The second-order valence-electron chi connectivity index (χ2n) is 6.55. The maximum absolute atomic E-state index is 12.2. The van der Waals surface area contributed by atoms with Gasteiger partial charge in [0, 0.05) is 16.9 Å². The van der Waals surface area contributed by atoms with Gasteiger partial charge in [-0.3, -0.25) is 4.79 Å². The van der Waals surface area contributed by atoms with Gasteiger partial charge >= 0.3 is 6.09 Å². The summed E-state index contributed by atoms with van der Waals surface area (Å²) in [6.45, 7) is 5.54. The van der Waals surface area contributed by atoms with E-state index in [-0.39, 0.29) is 22.5 Å².